The number of hydrogen-bond donors (Lipinski definition) is 2. The number of pyridine rings is 1. The molecule has 3 heterocycles. The Morgan fingerprint density at radius 2 is 2.33 bits per heavy atom. The van der Waals surface area contributed by atoms with E-state index < -0.39 is 6.10 Å². The fourth-order valence-electron chi connectivity index (χ4n) is 2.03. The SMILES string of the molecule is O=C(Nc1nnc2ccccn12)N1CC[C@H](O)C1. The highest BCUT2D eigenvalue weighted by molar-refractivity contribution is 5.88. The summed E-state index contributed by atoms with van der Waals surface area (Å²) in [5, 5.41) is 19.9. The molecule has 0 spiro atoms. The topological polar surface area (TPSA) is 82.8 Å². The Bertz CT molecular complexity index is 582. The maximum absolute atomic E-state index is 11.9. The highest BCUT2D eigenvalue weighted by Gasteiger charge is 2.25. The summed E-state index contributed by atoms with van der Waals surface area (Å²) >= 11 is 0. The second-order valence-corrected chi connectivity index (χ2v) is 4.27. The van der Waals surface area contributed by atoms with Crippen molar-refractivity contribution in [3.63, 3.8) is 0 Å². The van der Waals surface area contributed by atoms with E-state index in [0.29, 0.717) is 31.1 Å². The van der Waals surface area contributed by atoms with Gasteiger partial charge in [0.15, 0.2) is 5.65 Å². The number of nitrogens with one attached hydrogen (secondary N) is 1. The number of urea groups is 1. The van der Waals surface area contributed by atoms with E-state index in [1.165, 1.54) is 0 Å². The Morgan fingerprint density at radius 3 is 3.11 bits per heavy atom. The third-order valence-electron chi connectivity index (χ3n) is 2.98. The summed E-state index contributed by atoms with van der Waals surface area (Å²) in [7, 11) is 0. The van der Waals surface area contributed by atoms with Crippen LogP contribution in [0.2, 0.25) is 0 Å². The van der Waals surface area contributed by atoms with Crippen molar-refractivity contribution in [2.45, 2.75) is 12.5 Å². The first kappa shape index (κ1) is 11.0. The van der Waals surface area contributed by atoms with Crippen molar-refractivity contribution < 1.29 is 9.90 Å². The van der Waals surface area contributed by atoms with E-state index in [2.05, 4.69) is 15.5 Å². The third-order valence-corrected chi connectivity index (χ3v) is 2.98. The number of rotatable bonds is 1. The lowest BCUT2D eigenvalue weighted by Crippen LogP contribution is -2.34. The number of nitrogens with zero attached hydrogens (tertiary/aromatic N) is 4. The Labute approximate surface area is 103 Å². The molecule has 0 bridgehead atoms. The van der Waals surface area contributed by atoms with Gasteiger partial charge in [0.1, 0.15) is 0 Å². The predicted molar refractivity (Wildman–Crippen MR) is 64.2 cm³/mol. The number of fused-ring (bicyclic) bond motifs is 1. The number of aliphatic hydroxyl groups excluding tert-OH is 1. The Kier molecular flexibility index (Phi) is 2.60. The lowest BCUT2D eigenvalue weighted by atomic mass is 10.3. The molecule has 0 radical (unpaired) electrons. The van der Waals surface area contributed by atoms with Gasteiger partial charge in [0.25, 0.3) is 0 Å². The van der Waals surface area contributed by atoms with Gasteiger partial charge in [0, 0.05) is 19.3 Å². The standard InChI is InChI=1S/C11H13N5O2/c17-8-4-6-15(7-8)11(18)12-10-14-13-9-3-1-2-5-16(9)10/h1-3,5,8,17H,4,6-7H2,(H,12,14,18)/t8-/m0/s1. The molecule has 1 atom stereocenters. The van der Waals surface area contributed by atoms with Crippen LogP contribution < -0.4 is 5.32 Å². The molecule has 1 aliphatic heterocycles. The Balaban J connectivity index is 1.78. The molecule has 1 saturated heterocycles. The van der Waals surface area contributed by atoms with Crippen LogP contribution >= 0.6 is 0 Å². The van der Waals surface area contributed by atoms with Crippen molar-refractivity contribution >= 4 is 17.6 Å². The number of carbonyl (C=O) groups excluding carboxylic acids is 1. The quantitative estimate of drug-likeness (QED) is 0.760. The lowest BCUT2D eigenvalue weighted by molar-refractivity contribution is 0.176. The molecule has 2 aromatic rings. The number of carbonyl (C=O) groups is 1. The number of β-amino-alcohol motifs (C(OH)–C–C–N with tert-alkyl or cyclic N) is 1. The number of aliphatic hydroxyl groups is 1. The number of likely N-dealkylation sites (tertiary alicyclic amines) is 1. The molecule has 7 heteroatoms. The summed E-state index contributed by atoms with van der Waals surface area (Å²) in [6.45, 7) is 0.923. The van der Waals surface area contributed by atoms with Crippen LogP contribution in [0.25, 0.3) is 5.65 Å². The summed E-state index contributed by atoms with van der Waals surface area (Å²) < 4.78 is 1.70. The minimum absolute atomic E-state index is 0.260. The smallest absolute Gasteiger partial charge is 0.324 e. The highest BCUT2D eigenvalue weighted by atomic mass is 16.3. The van der Waals surface area contributed by atoms with Gasteiger partial charge in [-0.2, -0.15) is 0 Å². The fraction of sp³-hybridized carbons (Fsp3) is 0.364. The van der Waals surface area contributed by atoms with Crippen molar-refractivity contribution in [2.24, 2.45) is 0 Å². The normalized spacial score (nSPS) is 19.4. The molecule has 1 aliphatic rings. The van der Waals surface area contributed by atoms with Crippen molar-refractivity contribution in [3.05, 3.63) is 24.4 Å². The van der Waals surface area contributed by atoms with E-state index in [-0.39, 0.29) is 6.03 Å². The summed E-state index contributed by atoms with van der Waals surface area (Å²) in [4.78, 5) is 13.5. The van der Waals surface area contributed by atoms with Crippen LogP contribution in [0.3, 0.4) is 0 Å². The molecule has 3 rings (SSSR count). The van der Waals surface area contributed by atoms with Crippen LogP contribution in [-0.4, -0.2) is 49.8 Å². The van der Waals surface area contributed by atoms with Gasteiger partial charge in [-0.25, -0.2) is 4.79 Å². The molecule has 2 N–H and O–H groups in total. The second-order valence-electron chi connectivity index (χ2n) is 4.27. The molecular formula is C11H13N5O2. The average molecular weight is 247 g/mol. The zero-order valence-electron chi connectivity index (χ0n) is 9.65. The van der Waals surface area contributed by atoms with Gasteiger partial charge in [-0.1, -0.05) is 6.07 Å². The maximum atomic E-state index is 11.9. The van der Waals surface area contributed by atoms with Crippen molar-refractivity contribution in [1.29, 1.82) is 0 Å². The van der Waals surface area contributed by atoms with Crippen LogP contribution in [0.1, 0.15) is 6.42 Å². The van der Waals surface area contributed by atoms with E-state index >= 15 is 0 Å². The molecule has 1 fully saturated rings. The fourth-order valence-corrected chi connectivity index (χ4v) is 2.03. The summed E-state index contributed by atoms with van der Waals surface area (Å²) in [6, 6.07) is 5.24. The van der Waals surface area contributed by atoms with E-state index in [4.69, 9.17) is 0 Å². The lowest BCUT2D eigenvalue weighted by Gasteiger charge is -2.15. The van der Waals surface area contributed by atoms with Gasteiger partial charge in [0.2, 0.25) is 5.95 Å². The number of amides is 2. The van der Waals surface area contributed by atoms with E-state index in [1.54, 1.807) is 15.5 Å². The van der Waals surface area contributed by atoms with Crippen molar-refractivity contribution in [3.8, 4) is 0 Å². The van der Waals surface area contributed by atoms with E-state index in [9.17, 15) is 9.90 Å². The Morgan fingerprint density at radius 1 is 1.44 bits per heavy atom. The van der Waals surface area contributed by atoms with E-state index in [0.717, 1.165) is 0 Å². The monoisotopic (exact) mass is 247 g/mol. The van der Waals surface area contributed by atoms with E-state index in [1.807, 2.05) is 18.2 Å². The molecule has 0 aromatic carbocycles. The molecule has 2 amide bonds. The van der Waals surface area contributed by atoms with Crippen molar-refractivity contribution in [2.75, 3.05) is 18.4 Å². The molecule has 0 aliphatic carbocycles. The van der Waals surface area contributed by atoms with Crippen LogP contribution in [0.15, 0.2) is 24.4 Å². The van der Waals surface area contributed by atoms with Crippen LogP contribution in [0, 0.1) is 0 Å². The van der Waals surface area contributed by atoms with Crippen LogP contribution in [-0.2, 0) is 0 Å². The number of aromatic nitrogens is 3. The minimum Gasteiger partial charge on any atom is -0.391 e. The highest BCUT2D eigenvalue weighted by Crippen LogP contribution is 2.12. The Hall–Kier alpha value is -2.15. The molecule has 18 heavy (non-hydrogen) atoms. The molecule has 7 nitrogen and oxygen atoms in total. The maximum Gasteiger partial charge on any atom is 0.324 e. The second kappa shape index (κ2) is 4.26. The van der Waals surface area contributed by atoms with Crippen molar-refractivity contribution in [1.82, 2.24) is 19.5 Å². The van der Waals surface area contributed by atoms with Crippen LogP contribution in [0.5, 0.6) is 0 Å². The van der Waals surface area contributed by atoms with Gasteiger partial charge in [-0.3, -0.25) is 9.72 Å². The largest absolute Gasteiger partial charge is 0.391 e. The summed E-state index contributed by atoms with van der Waals surface area (Å²) in [5.41, 5.74) is 0.675. The molecular weight excluding hydrogens is 234 g/mol. The first-order valence-corrected chi connectivity index (χ1v) is 5.78. The first-order chi connectivity index (χ1) is 8.74. The third kappa shape index (κ3) is 1.88. The van der Waals surface area contributed by atoms with Crippen LogP contribution in [0.4, 0.5) is 10.7 Å². The van der Waals surface area contributed by atoms with Gasteiger partial charge < -0.3 is 10.0 Å². The minimum atomic E-state index is -0.425. The van der Waals surface area contributed by atoms with Gasteiger partial charge in [0.05, 0.1) is 6.10 Å². The molecule has 0 saturated carbocycles. The predicted octanol–water partition coefficient (Wildman–Crippen LogP) is 0.328. The van der Waals surface area contributed by atoms with Gasteiger partial charge in [-0.05, 0) is 18.6 Å². The zero-order chi connectivity index (χ0) is 12.5. The molecule has 0 unspecified atom stereocenters. The molecule has 2 aromatic heterocycles. The van der Waals surface area contributed by atoms with Gasteiger partial charge in [-0.15, -0.1) is 10.2 Å². The average Bonchev–Trinajstić information content (AvgIpc) is 2.97. The summed E-state index contributed by atoms with van der Waals surface area (Å²) in [6.07, 6.45) is 1.98. The number of anilines is 1. The summed E-state index contributed by atoms with van der Waals surface area (Å²) in [5.74, 6) is 0.386. The van der Waals surface area contributed by atoms with Gasteiger partial charge >= 0.3 is 6.03 Å². The number of hydrogen-bond acceptors (Lipinski definition) is 4. The zero-order valence-corrected chi connectivity index (χ0v) is 9.65. The molecule has 94 valence electrons. The first-order valence-electron chi connectivity index (χ1n) is 5.78.